The molecule has 1 aromatic heterocycles. The summed E-state index contributed by atoms with van der Waals surface area (Å²) in [5.74, 6) is 0.799. The quantitative estimate of drug-likeness (QED) is 0.466. The van der Waals surface area contributed by atoms with Gasteiger partial charge in [0.25, 0.3) is 0 Å². The number of rotatable bonds is 8. The van der Waals surface area contributed by atoms with Crippen LogP contribution in [0.3, 0.4) is 0 Å². The van der Waals surface area contributed by atoms with E-state index in [9.17, 15) is 0 Å². The smallest absolute Gasteiger partial charge is 0.0605 e. The van der Waals surface area contributed by atoms with Crippen molar-refractivity contribution < 1.29 is 0 Å². The van der Waals surface area contributed by atoms with Gasteiger partial charge >= 0.3 is 0 Å². The second-order valence-electron chi connectivity index (χ2n) is 7.99. The zero-order valence-electron chi connectivity index (χ0n) is 16.1. The van der Waals surface area contributed by atoms with Gasteiger partial charge in [0.1, 0.15) is 0 Å². The third-order valence-corrected chi connectivity index (χ3v) is 9.28. The second-order valence-corrected chi connectivity index (χ2v) is 11.9. The van der Waals surface area contributed by atoms with Gasteiger partial charge in [0.05, 0.1) is 8.80 Å². The van der Waals surface area contributed by atoms with E-state index in [2.05, 4.69) is 56.9 Å². The van der Waals surface area contributed by atoms with Gasteiger partial charge in [-0.2, -0.15) is 0 Å². The number of pyridine rings is 1. The third kappa shape index (κ3) is 6.95. The third-order valence-electron chi connectivity index (χ3n) is 5.05. The average Bonchev–Trinajstić information content (AvgIpc) is 2.59. The fraction of sp³-hybridized carbons (Fsp3) is 0.500. The van der Waals surface area contributed by atoms with E-state index in [-0.39, 0.29) is 0 Å². The molecule has 1 heterocycles. The highest BCUT2D eigenvalue weighted by Gasteiger charge is 2.29. The number of benzene rings is 1. The summed E-state index contributed by atoms with van der Waals surface area (Å²) in [7, 11) is -0.517. The van der Waals surface area contributed by atoms with E-state index in [0.29, 0.717) is 5.04 Å². The minimum atomic E-state index is -0.517. The van der Waals surface area contributed by atoms with Gasteiger partial charge in [0.2, 0.25) is 0 Å². The summed E-state index contributed by atoms with van der Waals surface area (Å²) in [6.07, 6.45) is 5.61. The van der Waals surface area contributed by atoms with Crippen LogP contribution < -0.4 is 0 Å². The van der Waals surface area contributed by atoms with E-state index < -0.39 is 8.80 Å². The highest BCUT2D eigenvalue weighted by molar-refractivity contribution is 6.61. The van der Waals surface area contributed by atoms with Crippen molar-refractivity contribution in [2.24, 2.45) is 5.92 Å². The molecule has 1 unspecified atom stereocenters. The normalized spacial score (nSPS) is 13.2. The van der Waals surface area contributed by atoms with Crippen molar-refractivity contribution in [1.29, 1.82) is 0 Å². The molecule has 3 heteroatoms. The van der Waals surface area contributed by atoms with Crippen molar-refractivity contribution in [2.45, 2.75) is 64.1 Å². The predicted molar refractivity (Wildman–Crippen MR) is 112 cm³/mol. The van der Waals surface area contributed by atoms with Crippen LogP contribution >= 0.6 is 11.6 Å². The first-order chi connectivity index (χ1) is 11.9. The Bertz CT molecular complexity index is 619. The number of nitrogens with zero attached hydrogens (tertiary/aromatic N) is 1. The first-order valence-corrected chi connectivity index (χ1v) is 11.7. The monoisotopic (exact) mass is 372 g/mol. The van der Waals surface area contributed by atoms with Crippen LogP contribution in [0.4, 0.5) is 0 Å². The molecule has 25 heavy (non-hydrogen) atoms. The molecule has 0 saturated heterocycles. The molecule has 0 aliphatic carbocycles. The minimum Gasteiger partial charge on any atom is -0.262 e. The maximum Gasteiger partial charge on any atom is 0.0605 e. The minimum absolute atomic E-state index is 0.399. The first-order valence-electron chi connectivity index (χ1n) is 9.38. The summed E-state index contributed by atoms with van der Waals surface area (Å²) in [5.41, 5.74) is 2.66. The van der Waals surface area contributed by atoms with Crippen molar-refractivity contribution in [3.63, 3.8) is 0 Å². The standard InChI is InChI=1S/C22H31ClNSi/c1-5-18(9-10-19-11-13-20(23)14-12-19)16-25(22(2,3)4)17-21-8-6-7-15-24-21/h6-8,11-15,18H,5,9-10,16-17H2,1-4H3. The van der Waals surface area contributed by atoms with E-state index in [0.717, 1.165) is 17.4 Å². The molecule has 0 amide bonds. The Morgan fingerprint density at radius 2 is 1.80 bits per heavy atom. The lowest BCUT2D eigenvalue weighted by atomic mass is 9.99. The molecule has 0 bridgehead atoms. The molecule has 0 N–H and O–H groups in total. The summed E-state index contributed by atoms with van der Waals surface area (Å²) in [5, 5.41) is 1.22. The Kier molecular flexibility index (Phi) is 7.71. The van der Waals surface area contributed by atoms with Crippen molar-refractivity contribution in [3.8, 4) is 0 Å². The lowest BCUT2D eigenvalue weighted by Gasteiger charge is -2.32. The molecule has 0 spiro atoms. The van der Waals surface area contributed by atoms with Crippen LogP contribution in [-0.4, -0.2) is 13.8 Å². The van der Waals surface area contributed by atoms with E-state index in [1.54, 1.807) is 0 Å². The Morgan fingerprint density at radius 3 is 2.36 bits per heavy atom. The van der Waals surface area contributed by atoms with E-state index in [4.69, 9.17) is 11.6 Å². The lowest BCUT2D eigenvalue weighted by Crippen LogP contribution is -2.31. The second kappa shape index (κ2) is 9.54. The fourth-order valence-electron chi connectivity index (χ4n) is 3.19. The molecular formula is C22H31ClNSi. The summed E-state index contributed by atoms with van der Waals surface area (Å²) < 4.78 is 0. The van der Waals surface area contributed by atoms with Crippen LogP contribution in [0.25, 0.3) is 0 Å². The Morgan fingerprint density at radius 1 is 1.08 bits per heavy atom. The predicted octanol–water partition coefficient (Wildman–Crippen LogP) is 6.77. The van der Waals surface area contributed by atoms with Gasteiger partial charge in [0, 0.05) is 16.9 Å². The van der Waals surface area contributed by atoms with Gasteiger partial charge in [0.15, 0.2) is 0 Å². The number of hydrogen-bond acceptors (Lipinski definition) is 1. The van der Waals surface area contributed by atoms with Crippen molar-refractivity contribution in [1.82, 2.24) is 4.98 Å². The zero-order valence-corrected chi connectivity index (χ0v) is 17.8. The molecule has 1 radical (unpaired) electrons. The number of hydrogen-bond donors (Lipinski definition) is 0. The average molecular weight is 373 g/mol. The molecule has 135 valence electrons. The van der Waals surface area contributed by atoms with Crippen LogP contribution in [0, 0.1) is 5.92 Å². The van der Waals surface area contributed by atoms with Gasteiger partial charge in [-0.15, -0.1) is 0 Å². The maximum absolute atomic E-state index is 6.00. The van der Waals surface area contributed by atoms with Crippen molar-refractivity contribution in [2.75, 3.05) is 0 Å². The molecule has 0 aliphatic rings. The Hall–Kier alpha value is -1.12. The molecule has 2 aromatic rings. The molecule has 0 fully saturated rings. The molecule has 2 rings (SSSR count). The van der Waals surface area contributed by atoms with Crippen LogP contribution in [-0.2, 0) is 12.5 Å². The summed E-state index contributed by atoms with van der Waals surface area (Å²) in [4.78, 5) is 4.58. The molecule has 1 aromatic carbocycles. The Balaban J connectivity index is 1.98. The number of aromatic nitrogens is 1. The number of aryl methyl sites for hydroxylation is 1. The first kappa shape index (κ1) is 20.2. The Labute approximate surface area is 160 Å². The fourth-order valence-corrected chi connectivity index (χ4v) is 6.43. The molecule has 0 aliphatic heterocycles. The van der Waals surface area contributed by atoms with Gasteiger partial charge in [-0.1, -0.05) is 70.0 Å². The molecule has 1 atom stereocenters. The highest BCUT2D eigenvalue weighted by Crippen LogP contribution is 2.35. The maximum atomic E-state index is 6.00. The molecular weight excluding hydrogens is 342 g/mol. The van der Waals surface area contributed by atoms with Crippen LogP contribution in [0.15, 0.2) is 48.7 Å². The largest absolute Gasteiger partial charge is 0.262 e. The SMILES string of the molecule is CCC(CCc1ccc(Cl)cc1)C[Si](Cc1ccccn1)C(C)(C)C. The lowest BCUT2D eigenvalue weighted by molar-refractivity contribution is 0.504. The molecule has 0 saturated carbocycles. The summed E-state index contributed by atoms with van der Waals surface area (Å²) >= 11 is 6.00. The van der Waals surface area contributed by atoms with Crippen LogP contribution in [0.2, 0.25) is 16.1 Å². The van der Waals surface area contributed by atoms with Gasteiger partial charge in [-0.05, 0) is 59.7 Å². The van der Waals surface area contributed by atoms with E-state index >= 15 is 0 Å². The van der Waals surface area contributed by atoms with Crippen LogP contribution in [0.1, 0.15) is 51.8 Å². The zero-order chi connectivity index (χ0) is 18.3. The summed E-state index contributed by atoms with van der Waals surface area (Å²) in [6.45, 7) is 9.58. The number of halogens is 1. The van der Waals surface area contributed by atoms with Crippen molar-refractivity contribution in [3.05, 3.63) is 64.9 Å². The van der Waals surface area contributed by atoms with Crippen molar-refractivity contribution >= 4 is 20.4 Å². The van der Waals surface area contributed by atoms with E-state index in [1.165, 1.54) is 36.2 Å². The van der Waals surface area contributed by atoms with Gasteiger partial charge < -0.3 is 0 Å². The van der Waals surface area contributed by atoms with Crippen LogP contribution in [0.5, 0.6) is 0 Å². The highest BCUT2D eigenvalue weighted by atomic mass is 35.5. The summed E-state index contributed by atoms with van der Waals surface area (Å²) in [6, 6.07) is 17.2. The van der Waals surface area contributed by atoms with E-state index in [1.807, 2.05) is 24.4 Å². The van der Waals surface area contributed by atoms with Gasteiger partial charge in [-0.25, -0.2) is 0 Å². The molecule has 1 nitrogen and oxygen atoms in total. The van der Waals surface area contributed by atoms with Gasteiger partial charge in [-0.3, -0.25) is 4.98 Å². The topological polar surface area (TPSA) is 12.9 Å².